The molecule has 0 aromatic rings. The normalized spacial score (nSPS) is 29.0. The quantitative estimate of drug-likeness (QED) is 0.693. The van der Waals surface area contributed by atoms with Gasteiger partial charge in [-0.15, -0.1) is 0 Å². The molecule has 0 aromatic heterocycles. The molecular formula is C12H24N2O. The van der Waals surface area contributed by atoms with E-state index in [-0.39, 0.29) is 0 Å². The Hall–Kier alpha value is -0.120. The molecule has 1 saturated carbocycles. The maximum atomic E-state index is 5.43. The molecule has 2 fully saturated rings. The summed E-state index contributed by atoms with van der Waals surface area (Å²) in [4.78, 5) is 0. The lowest BCUT2D eigenvalue weighted by Crippen LogP contribution is -2.48. The van der Waals surface area contributed by atoms with Crippen LogP contribution in [-0.4, -0.2) is 38.9 Å². The number of hydrogen-bond donors (Lipinski definition) is 2. The monoisotopic (exact) mass is 212 g/mol. The molecule has 1 aliphatic carbocycles. The zero-order valence-corrected chi connectivity index (χ0v) is 9.85. The third-order valence-corrected chi connectivity index (χ3v) is 3.63. The number of ether oxygens (including phenoxy) is 1. The lowest BCUT2D eigenvalue weighted by atomic mass is 10.0. The summed E-state index contributed by atoms with van der Waals surface area (Å²) in [5.74, 6) is 0. The van der Waals surface area contributed by atoms with Crippen LogP contribution in [-0.2, 0) is 4.74 Å². The van der Waals surface area contributed by atoms with E-state index in [0.29, 0.717) is 11.5 Å². The van der Waals surface area contributed by atoms with E-state index in [1.54, 1.807) is 0 Å². The van der Waals surface area contributed by atoms with Crippen molar-refractivity contribution in [1.29, 1.82) is 0 Å². The molecule has 2 rings (SSSR count). The molecule has 1 aliphatic heterocycles. The summed E-state index contributed by atoms with van der Waals surface area (Å²) in [5.41, 5.74) is 0.671. The third kappa shape index (κ3) is 3.44. The fourth-order valence-electron chi connectivity index (χ4n) is 2.48. The Kier molecular flexibility index (Phi) is 4.00. The van der Waals surface area contributed by atoms with Gasteiger partial charge in [0.1, 0.15) is 0 Å². The van der Waals surface area contributed by atoms with Gasteiger partial charge in [0.2, 0.25) is 0 Å². The highest BCUT2D eigenvalue weighted by Crippen LogP contribution is 2.48. The minimum Gasteiger partial charge on any atom is -0.378 e. The average molecular weight is 212 g/mol. The molecule has 3 heteroatoms. The Morgan fingerprint density at radius 3 is 2.93 bits per heavy atom. The summed E-state index contributed by atoms with van der Waals surface area (Å²) < 4.78 is 5.43. The highest BCUT2D eigenvalue weighted by atomic mass is 16.5. The van der Waals surface area contributed by atoms with Gasteiger partial charge in [0.05, 0.1) is 13.2 Å². The van der Waals surface area contributed by atoms with Gasteiger partial charge in [0.15, 0.2) is 0 Å². The molecule has 1 atom stereocenters. The van der Waals surface area contributed by atoms with Gasteiger partial charge in [0.25, 0.3) is 0 Å². The van der Waals surface area contributed by atoms with E-state index in [1.165, 1.54) is 32.2 Å². The molecule has 1 heterocycles. The van der Waals surface area contributed by atoms with Gasteiger partial charge in [-0.25, -0.2) is 0 Å². The molecule has 1 saturated heterocycles. The lowest BCUT2D eigenvalue weighted by molar-refractivity contribution is 0.0762. The van der Waals surface area contributed by atoms with Crippen molar-refractivity contribution in [1.82, 2.24) is 10.6 Å². The van der Waals surface area contributed by atoms with Crippen molar-refractivity contribution in [3.05, 3.63) is 0 Å². The van der Waals surface area contributed by atoms with Crippen molar-refractivity contribution in [2.45, 2.75) is 38.6 Å². The minimum atomic E-state index is 0.524. The second-order valence-corrected chi connectivity index (χ2v) is 5.11. The third-order valence-electron chi connectivity index (χ3n) is 3.63. The van der Waals surface area contributed by atoms with E-state index in [2.05, 4.69) is 17.6 Å². The average Bonchev–Trinajstić information content (AvgIpc) is 3.00. The van der Waals surface area contributed by atoms with Crippen molar-refractivity contribution in [3.8, 4) is 0 Å². The number of hydrogen-bond acceptors (Lipinski definition) is 3. The fraction of sp³-hybridized carbons (Fsp3) is 1.00. The van der Waals surface area contributed by atoms with Crippen molar-refractivity contribution in [2.75, 3.05) is 32.8 Å². The first-order valence-corrected chi connectivity index (χ1v) is 6.36. The van der Waals surface area contributed by atoms with E-state index in [4.69, 9.17) is 4.74 Å². The van der Waals surface area contributed by atoms with E-state index in [9.17, 15) is 0 Å². The molecule has 1 unspecified atom stereocenters. The zero-order chi connectivity index (χ0) is 10.6. The topological polar surface area (TPSA) is 33.3 Å². The van der Waals surface area contributed by atoms with E-state index < -0.39 is 0 Å². The van der Waals surface area contributed by atoms with E-state index >= 15 is 0 Å². The standard InChI is InChI=1S/C12H24N2O/c1-2-3-12(4-5-12)10-13-8-11-9-15-7-6-14-11/h11,13-14H,2-10H2,1H3. The molecule has 15 heavy (non-hydrogen) atoms. The van der Waals surface area contributed by atoms with Crippen molar-refractivity contribution < 1.29 is 4.74 Å². The van der Waals surface area contributed by atoms with Crippen LogP contribution in [0.1, 0.15) is 32.6 Å². The fourth-order valence-corrected chi connectivity index (χ4v) is 2.48. The van der Waals surface area contributed by atoms with E-state index in [1.807, 2.05) is 0 Å². The Morgan fingerprint density at radius 1 is 1.47 bits per heavy atom. The van der Waals surface area contributed by atoms with Gasteiger partial charge >= 0.3 is 0 Å². The van der Waals surface area contributed by atoms with Crippen LogP contribution in [0.2, 0.25) is 0 Å². The van der Waals surface area contributed by atoms with Crippen molar-refractivity contribution in [2.24, 2.45) is 5.41 Å². The largest absolute Gasteiger partial charge is 0.378 e. The van der Waals surface area contributed by atoms with Crippen LogP contribution < -0.4 is 10.6 Å². The maximum Gasteiger partial charge on any atom is 0.0632 e. The molecule has 0 aromatic carbocycles. The number of morpholine rings is 1. The number of nitrogens with one attached hydrogen (secondary N) is 2. The molecule has 0 amide bonds. The first kappa shape index (κ1) is 11.4. The zero-order valence-electron chi connectivity index (χ0n) is 9.85. The smallest absolute Gasteiger partial charge is 0.0632 e. The van der Waals surface area contributed by atoms with Gasteiger partial charge < -0.3 is 15.4 Å². The first-order chi connectivity index (χ1) is 7.35. The summed E-state index contributed by atoms with van der Waals surface area (Å²) in [6.07, 6.45) is 5.59. The van der Waals surface area contributed by atoms with Gasteiger partial charge in [0, 0.05) is 25.7 Å². The Balaban J connectivity index is 1.58. The van der Waals surface area contributed by atoms with Crippen LogP contribution in [0.15, 0.2) is 0 Å². The molecule has 3 nitrogen and oxygen atoms in total. The highest BCUT2D eigenvalue weighted by Gasteiger charge is 2.40. The molecule has 88 valence electrons. The summed E-state index contributed by atoms with van der Waals surface area (Å²) in [5, 5.41) is 7.07. The molecular weight excluding hydrogens is 188 g/mol. The minimum absolute atomic E-state index is 0.524. The number of rotatable bonds is 6. The lowest BCUT2D eigenvalue weighted by Gasteiger charge is -2.25. The second kappa shape index (κ2) is 5.28. The first-order valence-electron chi connectivity index (χ1n) is 6.36. The predicted octanol–water partition coefficient (Wildman–Crippen LogP) is 1.14. The van der Waals surface area contributed by atoms with Crippen LogP contribution in [0.4, 0.5) is 0 Å². The molecule has 2 N–H and O–H groups in total. The van der Waals surface area contributed by atoms with Crippen LogP contribution in [0.25, 0.3) is 0 Å². The van der Waals surface area contributed by atoms with E-state index in [0.717, 1.165) is 26.3 Å². The summed E-state index contributed by atoms with van der Waals surface area (Å²) in [7, 11) is 0. The van der Waals surface area contributed by atoms with Gasteiger partial charge in [-0.3, -0.25) is 0 Å². The van der Waals surface area contributed by atoms with Crippen molar-refractivity contribution >= 4 is 0 Å². The Bertz CT molecular complexity index is 186. The molecule has 0 spiro atoms. The second-order valence-electron chi connectivity index (χ2n) is 5.11. The summed E-state index contributed by atoms with van der Waals surface area (Å²) in [6, 6.07) is 0.524. The summed E-state index contributed by atoms with van der Waals surface area (Å²) >= 11 is 0. The highest BCUT2D eigenvalue weighted by molar-refractivity contribution is 4.94. The molecule has 0 bridgehead atoms. The Labute approximate surface area is 93.0 Å². The Morgan fingerprint density at radius 2 is 2.33 bits per heavy atom. The van der Waals surface area contributed by atoms with Crippen molar-refractivity contribution in [3.63, 3.8) is 0 Å². The SMILES string of the molecule is CCCC1(CNCC2COCCN2)CC1. The molecule has 0 radical (unpaired) electrons. The van der Waals surface area contributed by atoms with Gasteiger partial charge in [-0.1, -0.05) is 13.3 Å². The van der Waals surface area contributed by atoms with Crippen LogP contribution in [0.3, 0.4) is 0 Å². The summed E-state index contributed by atoms with van der Waals surface area (Å²) in [6.45, 7) is 7.30. The molecule has 2 aliphatic rings. The van der Waals surface area contributed by atoms with Gasteiger partial charge in [-0.2, -0.15) is 0 Å². The van der Waals surface area contributed by atoms with Crippen LogP contribution >= 0.6 is 0 Å². The van der Waals surface area contributed by atoms with Crippen LogP contribution in [0.5, 0.6) is 0 Å². The van der Waals surface area contributed by atoms with Crippen LogP contribution in [0, 0.1) is 5.41 Å². The maximum absolute atomic E-state index is 5.43. The predicted molar refractivity (Wildman–Crippen MR) is 62.1 cm³/mol. The van der Waals surface area contributed by atoms with Gasteiger partial charge in [-0.05, 0) is 24.7 Å².